The van der Waals surface area contributed by atoms with Gasteiger partial charge in [-0.25, -0.2) is 0 Å². The highest BCUT2D eigenvalue weighted by atomic mass is 16.2. The fourth-order valence-electron chi connectivity index (χ4n) is 7.62. The fourth-order valence-corrected chi connectivity index (χ4v) is 7.62. The standard InChI is InChI=1S/C20H24N2O3/c23-17-15-13-1-2-14(6-13)16(15)18(24)22(17)21-19(25)20-7-10-3-11(8-20)5-12(4-10)9-20/h1-2,10-16H,3-9H2,(H,21,25)/t10?,11?,12?,13-,14-,15-,16-,20?/m0/s1. The molecular weight excluding hydrogens is 316 g/mol. The minimum Gasteiger partial charge on any atom is -0.273 e. The molecule has 0 spiro atoms. The molecule has 132 valence electrons. The Bertz CT molecular complexity index is 661. The molecule has 3 amide bonds. The lowest BCUT2D eigenvalue weighted by molar-refractivity contribution is -0.160. The second-order valence-corrected chi connectivity index (χ2v) is 9.65. The zero-order chi connectivity index (χ0) is 16.9. The first-order valence-electron chi connectivity index (χ1n) is 9.91. The summed E-state index contributed by atoms with van der Waals surface area (Å²) in [5.74, 6) is 1.49. The number of fused-ring (bicyclic) bond motifs is 5. The number of hydrogen-bond donors (Lipinski definition) is 1. The van der Waals surface area contributed by atoms with E-state index < -0.39 is 0 Å². The quantitative estimate of drug-likeness (QED) is 0.618. The predicted molar refractivity (Wildman–Crippen MR) is 88.3 cm³/mol. The van der Waals surface area contributed by atoms with E-state index in [2.05, 4.69) is 17.6 Å². The van der Waals surface area contributed by atoms with Gasteiger partial charge < -0.3 is 0 Å². The molecule has 6 bridgehead atoms. The first kappa shape index (κ1) is 14.5. The fraction of sp³-hybridized carbons (Fsp3) is 0.750. The molecule has 0 aromatic carbocycles. The van der Waals surface area contributed by atoms with Crippen LogP contribution in [0.15, 0.2) is 12.2 Å². The van der Waals surface area contributed by atoms with E-state index in [-0.39, 0.29) is 46.8 Å². The van der Waals surface area contributed by atoms with E-state index in [4.69, 9.17) is 0 Å². The van der Waals surface area contributed by atoms with Crippen molar-refractivity contribution in [2.24, 2.45) is 46.8 Å². The average Bonchev–Trinajstić information content (AvgIpc) is 3.23. The van der Waals surface area contributed by atoms with Gasteiger partial charge >= 0.3 is 0 Å². The summed E-state index contributed by atoms with van der Waals surface area (Å²) in [6.45, 7) is 0. The monoisotopic (exact) mass is 340 g/mol. The molecule has 5 saturated carbocycles. The van der Waals surface area contributed by atoms with Gasteiger partial charge in [0, 0.05) is 0 Å². The summed E-state index contributed by atoms with van der Waals surface area (Å²) in [6.07, 6.45) is 11.7. The summed E-state index contributed by atoms with van der Waals surface area (Å²) in [5, 5.41) is 1.10. The molecule has 1 saturated heterocycles. The van der Waals surface area contributed by atoms with Crippen LogP contribution < -0.4 is 5.43 Å². The second kappa shape index (κ2) is 4.54. The van der Waals surface area contributed by atoms with Crippen LogP contribution in [0.3, 0.4) is 0 Å². The van der Waals surface area contributed by atoms with E-state index in [1.807, 2.05) is 0 Å². The van der Waals surface area contributed by atoms with Crippen LogP contribution in [-0.2, 0) is 14.4 Å². The van der Waals surface area contributed by atoms with Crippen molar-refractivity contribution in [3.63, 3.8) is 0 Å². The highest BCUT2D eigenvalue weighted by molar-refractivity contribution is 6.07. The maximum absolute atomic E-state index is 13.2. The van der Waals surface area contributed by atoms with Gasteiger partial charge in [-0.3, -0.25) is 19.8 Å². The van der Waals surface area contributed by atoms with E-state index in [1.165, 1.54) is 19.3 Å². The third-order valence-electron chi connectivity index (χ3n) is 8.20. The molecule has 0 aromatic rings. The smallest absolute Gasteiger partial charge is 0.252 e. The van der Waals surface area contributed by atoms with Crippen LogP contribution >= 0.6 is 0 Å². The van der Waals surface area contributed by atoms with Crippen LogP contribution in [0.4, 0.5) is 0 Å². The molecule has 7 aliphatic rings. The van der Waals surface area contributed by atoms with Gasteiger partial charge in [0.05, 0.1) is 17.3 Å². The van der Waals surface area contributed by atoms with Gasteiger partial charge in [0.25, 0.3) is 11.8 Å². The van der Waals surface area contributed by atoms with Gasteiger partial charge in [0.15, 0.2) is 0 Å². The summed E-state index contributed by atoms with van der Waals surface area (Å²) in [5.41, 5.74) is 2.47. The molecule has 7 rings (SSSR count). The topological polar surface area (TPSA) is 66.5 Å². The molecule has 6 aliphatic carbocycles. The second-order valence-electron chi connectivity index (χ2n) is 9.65. The van der Waals surface area contributed by atoms with Gasteiger partial charge in [0.1, 0.15) is 0 Å². The maximum Gasteiger partial charge on any atom is 0.252 e. The summed E-state index contributed by atoms with van der Waals surface area (Å²) in [7, 11) is 0. The number of amides is 3. The number of rotatable bonds is 2. The predicted octanol–water partition coefficient (Wildman–Crippen LogP) is 2.04. The first-order chi connectivity index (χ1) is 12.0. The molecule has 0 aromatic heterocycles. The molecular formula is C20H24N2O3. The van der Waals surface area contributed by atoms with Crippen LogP contribution in [0.2, 0.25) is 0 Å². The number of hydrazine groups is 1. The van der Waals surface area contributed by atoms with Crippen molar-refractivity contribution in [1.29, 1.82) is 0 Å². The van der Waals surface area contributed by atoms with Crippen molar-refractivity contribution in [3.8, 4) is 0 Å². The lowest BCUT2D eigenvalue weighted by Gasteiger charge is -2.55. The lowest BCUT2D eigenvalue weighted by Crippen LogP contribution is -2.58. The van der Waals surface area contributed by atoms with Gasteiger partial charge in [-0.05, 0) is 74.5 Å². The van der Waals surface area contributed by atoms with Crippen molar-refractivity contribution in [3.05, 3.63) is 12.2 Å². The van der Waals surface area contributed by atoms with Gasteiger partial charge in [-0.2, -0.15) is 5.01 Å². The lowest BCUT2D eigenvalue weighted by atomic mass is 9.49. The van der Waals surface area contributed by atoms with Crippen molar-refractivity contribution in [2.45, 2.75) is 44.9 Å². The maximum atomic E-state index is 13.2. The van der Waals surface area contributed by atoms with E-state index in [9.17, 15) is 14.4 Å². The number of nitrogens with zero attached hydrogens (tertiary/aromatic N) is 1. The highest BCUT2D eigenvalue weighted by Gasteiger charge is 2.61. The average molecular weight is 340 g/mol. The van der Waals surface area contributed by atoms with E-state index in [0.717, 1.165) is 30.7 Å². The molecule has 4 atom stereocenters. The molecule has 6 fully saturated rings. The number of carbonyl (C=O) groups excluding carboxylic acids is 3. The van der Waals surface area contributed by atoms with Crippen LogP contribution in [0, 0.1) is 46.8 Å². The number of allylic oxidation sites excluding steroid dienone is 2. The van der Waals surface area contributed by atoms with Crippen LogP contribution in [-0.4, -0.2) is 22.7 Å². The summed E-state index contributed by atoms with van der Waals surface area (Å²) in [6, 6.07) is 0. The summed E-state index contributed by atoms with van der Waals surface area (Å²) < 4.78 is 0. The zero-order valence-electron chi connectivity index (χ0n) is 14.3. The normalized spacial score (nSPS) is 51.5. The van der Waals surface area contributed by atoms with Crippen molar-refractivity contribution in [2.75, 3.05) is 0 Å². The Morgan fingerprint density at radius 1 is 0.880 bits per heavy atom. The Morgan fingerprint density at radius 2 is 1.36 bits per heavy atom. The third-order valence-corrected chi connectivity index (χ3v) is 8.20. The van der Waals surface area contributed by atoms with Crippen LogP contribution in [0.25, 0.3) is 0 Å². The number of imide groups is 1. The van der Waals surface area contributed by atoms with E-state index >= 15 is 0 Å². The first-order valence-corrected chi connectivity index (χ1v) is 9.91. The Hall–Kier alpha value is -1.65. The SMILES string of the molecule is O=C1[C@@H]2[C@@H](C(=O)N1NC(=O)C13CC4CC(CC(C4)C1)C3)[C@H]1C=C[C@H]2C1. The van der Waals surface area contributed by atoms with Gasteiger partial charge in [-0.15, -0.1) is 0 Å². The molecule has 25 heavy (non-hydrogen) atoms. The summed E-state index contributed by atoms with van der Waals surface area (Å²) in [4.78, 5) is 38.8. The zero-order valence-corrected chi connectivity index (χ0v) is 14.3. The van der Waals surface area contributed by atoms with Crippen molar-refractivity contribution < 1.29 is 14.4 Å². The van der Waals surface area contributed by atoms with Crippen LogP contribution in [0.5, 0.6) is 0 Å². The van der Waals surface area contributed by atoms with E-state index in [0.29, 0.717) is 17.8 Å². The molecule has 5 nitrogen and oxygen atoms in total. The van der Waals surface area contributed by atoms with Crippen molar-refractivity contribution in [1.82, 2.24) is 10.4 Å². The Labute approximate surface area is 147 Å². The van der Waals surface area contributed by atoms with Crippen LogP contribution in [0.1, 0.15) is 44.9 Å². The minimum absolute atomic E-state index is 0.0615. The van der Waals surface area contributed by atoms with Gasteiger partial charge in [-0.1, -0.05) is 12.2 Å². The molecule has 0 unspecified atom stereocenters. The largest absolute Gasteiger partial charge is 0.273 e. The Morgan fingerprint density at radius 3 is 1.84 bits per heavy atom. The number of nitrogens with one attached hydrogen (secondary N) is 1. The molecule has 1 aliphatic heterocycles. The molecule has 0 radical (unpaired) electrons. The minimum atomic E-state index is -0.329. The highest BCUT2D eigenvalue weighted by Crippen LogP contribution is 2.60. The number of carbonyl (C=O) groups is 3. The molecule has 1 N–H and O–H groups in total. The van der Waals surface area contributed by atoms with Crippen molar-refractivity contribution >= 4 is 17.7 Å². The molecule has 5 heteroatoms. The van der Waals surface area contributed by atoms with E-state index in [1.54, 1.807) is 0 Å². The van der Waals surface area contributed by atoms with Gasteiger partial charge in [0.2, 0.25) is 5.91 Å². The molecule has 1 heterocycles. The Kier molecular flexibility index (Phi) is 2.64. The summed E-state index contributed by atoms with van der Waals surface area (Å²) >= 11 is 0. The number of hydrogen-bond acceptors (Lipinski definition) is 3. The third kappa shape index (κ3) is 1.77. The Balaban J connectivity index is 1.25.